The summed E-state index contributed by atoms with van der Waals surface area (Å²) in [7, 11) is 1.59. The zero-order valence-corrected chi connectivity index (χ0v) is 15.6. The Hall–Kier alpha value is -3.94. The van der Waals surface area contributed by atoms with Gasteiger partial charge in [0.2, 0.25) is 0 Å². The third kappa shape index (κ3) is 2.94. The summed E-state index contributed by atoms with van der Waals surface area (Å²) < 4.78 is 6.54. The lowest BCUT2D eigenvalue weighted by Crippen LogP contribution is -2.25. The first-order valence-corrected chi connectivity index (χ1v) is 9.13. The van der Waals surface area contributed by atoms with Crippen molar-refractivity contribution in [3.8, 4) is 17.1 Å². The largest absolute Gasteiger partial charge is 0.497 e. The average Bonchev–Trinajstić information content (AvgIpc) is 3.30. The molecule has 0 saturated carbocycles. The first-order chi connectivity index (χ1) is 14.1. The monoisotopic (exact) mass is 387 g/mol. The van der Waals surface area contributed by atoms with Crippen molar-refractivity contribution in [1.82, 2.24) is 24.5 Å². The van der Waals surface area contributed by atoms with E-state index in [1.807, 2.05) is 36.4 Å². The summed E-state index contributed by atoms with van der Waals surface area (Å²) in [6.45, 7) is 0.678. The second-order valence-electron chi connectivity index (χ2n) is 6.84. The number of carbonyl (C=O) groups excluding carboxylic acids is 1. The van der Waals surface area contributed by atoms with Gasteiger partial charge in [-0.2, -0.15) is 9.50 Å². The van der Waals surface area contributed by atoms with E-state index in [0.29, 0.717) is 29.4 Å². The summed E-state index contributed by atoms with van der Waals surface area (Å²) in [6, 6.07) is 16.3. The van der Waals surface area contributed by atoms with Crippen LogP contribution in [-0.4, -0.2) is 37.5 Å². The molecule has 1 N–H and O–H groups in total. The van der Waals surface area contributed by atoms with Gasteiger partial charge in [0.15, 0.2) is 5.82 Å². The van der Waals surface area contributed by atoms with E-state index in [1.165, 1.54) is 10.6 Å². The molecule has 1 aliphatic rings. The van der Waals surface area contributed by atoms with Crippen molar-refractivity contribution in [2.75, 3.05) is 7.11 Å². The van der Waals surface area contributed by atoms with Gasteiger partial charge in [-0.15, -0.1) is 0 Å². The van der Waals surface area contributed by atoms with Crippen LogP contribution in [0.2, 0.25) is 0 Å². The molecule has 8 nitrogen and oxygen atoms in total. The van der Waals surface area contributed by atoms with Gasteiger partial charge in [-0.3, -0.25) is 14.7 Å². The molecule has 5 rings (SSSR count). The van der Waals surface area contributed by atoms with Gasteiger partial charge in [0.05, 0.1) is 19.3 Å². The molecule has 3 heterocycles. The van der Waals surface area contributed by atoms with Crippen LogP contribution in [0.1, 0.15) is 21.6 Å². The van der Waals surface area contributed by atoms with Crippen molar-refractivity contribution < 1.29 is 9.53 Å². The van der Waals surface area contributed by atoms with Gasteiger partial charge in [0.1, 0.15) is 5.75 Å². The Morgan fingerprint density at radius 2 is 1.90 bits per heavy atom. The number of carbonyl (C=O) groups is 1. The van der Waals surface area contributed by atoms with Crippen LogP contribution >= 0.6 is 0 Å². The number of benzene rings is 2. The molecule has 0 bridgehead atoms. The molecule has 1 amide bonds. The lowest BCUT2D eigenvalue weighted by Gasteiger charge is -2.14. The summed E-state index contributed by atoms with van der Waals surface area (Å²) >= 11 is 0. The van der Waals surface area contributed by atoms with Crippen molar-refractivity contribution in [3.05, 3.63) is 81.8 Å². The molecule has 0 aliphatic carbocycles. The molecule has 0 atom stereocenters. The van der Waals surface area contributed by atoms with Crippen LogP contribution in [0, 0.1) is 0 Å². The topological polar surface area (TPSA) is 92.6 Å². The lowest BCUT2D eigenvalue weighted by atomic mass is 10.1. The van der Waals surface area contributed by atoms with Crippen LogP contribution < -0.4 is 10.3 Å². The number of aromatic amines is 1. The highest BCUT2D eigenvalue weighted by atomic mass is 16.5. The number of aromatic nitrogens is 4. The minimum absolute atomic E-state index is 0.0864. The fourth-order valence-corrected chi connectivity index (χ4v) is 3.54. The van der Waals surface area contributed by atoms with E-state index >= 15 is 0 Å². The molecule has 2 aromatic heterocycles. The van der Waals surface area contributed by atoms with Crippen molar-refractivity contribution in [1.29, 1.82) is 0 Å². The van der Waals surface area contributed by atoms with E-state index in [9.17, 15) is 9.59 Å². The Morgan fingerprint density at radius 1 is 1.07 bits per heavy atom. The number of H-pyrrole nitrogens is 1. The maximum Gasteiger partial charge on any atom is 0.274 e. The van der Waals surface area contributed by atoms with Gasteiger partial charge in [0, 0.05) is 23.7 Å². The van der Waals surface area contributed by atoms with E-state index < -0.39 is 0 Å². The second kappa shape index (κ2) is 6.59. The molecule has 8 heteroatoms. The van der Waals surface area contributed by atoms with E-state index in [1.54, 1.807) is 24.1 Å². The fourth-order valence-electron chi connectivity index (χ4n) is 3.54. The first-order valence-electron chi connectivity index (χ1n) is 9.13. The average molecular weight is 387 g/mol. The third-order valence-corrected chi connectivity index (χ3v) is 4.97. The van der Waals surface area contributed by atoms with Gasteiger partial charge in [-0.05, 0) is 23.8 Å². The minimum Gasteiger partial charge on any atom is -0.497 e. The van der Waals surface area contributed by atoms with Crippen molar-refractivity contribution in [3.63, 3.8) is 0 Å². The molecule has 29 heavy (non-hydrogen) atoms. The number of fused-ring (bicyclic) bond motifs is 2. The van der Waals surface area contributed by atoms with E-state index in [4.69, 9.17) is 4.74 Å². The van der Waals surface area contributed by atoms with E-state index in [2.05, 4.69) is 15.1 Å². The van der Waals surface area contributed by atoms with Crippen molar-refractivity contribution >= 4 is 11.7 Å². The minimum atomic E-state index is -0.273. The van der Waals surface area contributed by atoms with Crippen molar-refractivity contribution in [2.24, 2.45) is 0 Å². The number of methoxy groups -OCH3 is 1. The molecule has 0 spiro atoms. The van der Waals surface area contributed by atoms with Gasteiger partial charge >= 0.3 is 0 Å². The van der Waals surface area contributed by atoms with Gasteiger partial charge in [-0.25, -0.2) is 4.98 Å². The molecule has 4 aromatic rings. The first kappa shape index (κ1) is 17.2. The van der Waals surface area contributed by atoms with Gasteiger partial charge in [-0.1, -0.05) is 30.3 Å². The Labute approximate surface area is 165 Å². The summed E-state index contributed by atoms with van der Waals surface area (Å²) in [5.41, 5.74) is 2.63. The Bertz CT molecular complexity index is 1290. The highest BCUT2D eigenvalue weighted by Crippen LogP contribution is 2.27. The van der Waals surface area contributed by atoms with E-state index in [-0.39, 0.29) is 23.8 Å². The number of amides is 1. The lowest BCUT2D eigenvalue weighted by molar-refractivity contribution is 0.0764. The highest BCUT2D eigenvalue weighted by Gasteiger charge is 2.28. The molecule has 0 saturated heterocycles. The molecule has 0 unspecified atom stereocenters. The number of nitrogens with one attached hydrogen (secondary N) is 1. The number of ether oxygens (including phenoxy) is 1. The molecule has 144 valence electrons. The van der Waals surface area contributed by atoms with Crippen LogP contribution in [0.15, 0.2) is 59.4 Å². The van der Waals surface area contributed by atoms with Gasteiger partial charge in [0.25, 0.3) is 17.2 Å². The Balaban J connectivity index is 1.45. The van der Waals surface area contributed by atoms with Crippen molar-refractivity contribution in [2.45, 2.75) is 13.1 Å². The van der Waals surface area contributed by atoms with Crippen LogP contribution in [0.3, 0.4) is 0 Å². The summed E-state index contributed by atoms with van der Waals surface area (Å²) in [4.78, 5) is 35.8. The summed E-state index contributed by atoms with van der Waals surface area (Å²) in [5, 5.41) is 2.97. The predicted octanol–water partition coefficient (Wildman–Crippen LogP) is 2.25. The van der Waals surface area contributed by atoms with Crippen LogP contribution in [0.25, 0.3) is 17.2 Å². The third-order valence-electron chi connectivity index (χ3n) is 4.97. The SMILES string of the molecule is COc1ccc2c(c1)CN(Cc1cc(=O)n3[nH]c(-c4ccccc4)nc3n1)C2=O. The number of rotatable bonds is 4. The number of hydrogen-bond acceptors (Lipinski definition) is 5. The molecule has 0 radical (unpaired) electrons. The zero-order chi connectivity index (χ0) is 20.0. The van der Waals surface area contributed by atoms with Crippen LogP contribution in [0.4, 0.5) is 0 Å². The quantitative estimate of drug-likeness (QED) is 0.580. The second-order valence-corrected chi connectivity index (χ2v) is 6.84. The molecular weight excluding hydrogens is 370 g/mol. The van der Waals surface area contributed by atoms with Crippen LogP contribution in [0.5, 0.6) is 5.75 Å². The summed E-state index contributed by atoms with van der Waals surface area (Å²) in [6.07, 6.45) is 0. The van der Waals surface area contributed by atoms with Crippen LogP contribution in [-0.2, 0) is 13.1 Å². The fraction of sp³-hybridized carbons (Fsp3) is 0.143. The smallest absolute Gasteiger partial charge is 0.274 e. The maximum absolute atomic E-state index is 12.7. The number of hydrogen-bond donors (Lipinski definition) is 1. The molecular formula is C21H17N5O3. The summed E-state index contributed by atoms with van der Waals surface area (Å²) in [5.74, 6) is 1.46. The normalized spacial score (nSPS) is 13.1. The Kier molecular flexibility index (Phi) is 3.90. The molecule has 0 fully saturated rings. The molecule has 2 aromatic carbocycles. The number of nitrogens with zero attached hydrogens (tertiary/aromatic N) is 4. The maximum atomic E-state index is 12.7. The van der Waals surface area contributed by atoms with E-state index in [0.717, 1.165) is 11.1 Å². The Morgan fingerprint density at radius 3 is 2.69 bits per heavy atom. The standard InChI is InChI=1S/C21H17N5O3/c1-29-16-7-8-17-14(9-16)11-25(20(17)28)12-15-10-18(27)26-21(22-15)23-19(24-26)13-5-3-2-4-6-13/h2-10H,11-12H2,1H3,(H,22,23,24). The van der Waals surface area contributed by atoms with Gasteiger partial charge < -0.3 is 9.64 Å². The highest BCUT2D eigenvalue weighted by molar-refractivity contribution is 5.98. The predicted molar refractivity (Wildman–Crippen MR) is 106 cm³/mol. The zero-order valence-electron chi connectivity index (χ0n) is 15.6. The molecule has 1 aliphatic heterocycles.